The molecule has 114 valence electrons. The molecule has 0 saturated heterocycles. The lowest BCUT2D eigenvalue weighted by Gasteiger charge is -2.21. The van der Waals surface area contributed by atoms with Gasteiger partial charge < -0.3 is 5.32 Å². The van der Waals surface area contributed by atoms with Crippen LogP contribution in [-0.2, 0) is 10.0 Å². The summed E-state index contributed by atoms with van der Waals surface area (Å²) in [5.74, 6) is 0.696. The molecule has 0 aliphatic carbocycles. The van der Waals surface area contributed by atoms with Crippen molar-refractivity contribution < 1.29 is 8.42 Å². The fourth-order valence-electron chi connectivity index (χ4n) is 1.72. The number of hydrogen-bond donors (Lipinski definition) is 2. The number of anilines is 1. The average Bonchev–Trinajstić information content (AvgIpc) is 2.36. The van der Waals surface area contributed by atoms with Crippen molar-refractivity contribution in [3.63, 3.8) is 0 Å². The Balaban J connectivity index is 2.62. The molecular formula is C14H25N3O2S. The lowest BCUT2D eigenvalue weighted by atomic mass is 9.89. The molecule has 6 heteroatoms. The third-order valence-corrected chi connectivity index (χ3v) is 4.44. The molecule has 0 bridgehead atoms. The highest BCUT2D eigenvalue weighted by molar-refractivity contribution is 7.89. The van der Waals surface area contributed by atoms with E-state index in [0.717, 1.165) is 12.8 Å². The molecule has 0 amide bonds. The third kappa shape index (κ3) is 5.46. The van der Waals surface area contributed by atoms with E-state index < -0.39 is 10.0 Å². The SMILES string of the molecule is CNS(=O)(=O)c1ccc(NC(C)CCC(C)(C)C)nc1. The lowest BCUT2D eigenvalue weighted by Crippen LogP contribution is -2.20. The van der Waals surface area contributed by atoms with Crippen LogP contribution in [0, 0.1) is 5.41 Å². The quantitative estimate of drug-likeness (QED) is 0.847. The van der Waals surface area contributed by atoms with Gasteiger partial charge in [0.15, 0.2) is 0 Å². The summed E-state index contributed by atoms with van der Waals surface area (Å²) in [7, 11) is -2.03. The summed E-state index contributed by atoms with van der Waals surface area (Å²) < 4.78 is 25.4. The summed E-state index contributed by atoms with van der Waals surface area (Å²) >= 11 is 0. The summed E-state index contributed by atoms with van der Waals surface area (Å²) in [4.78, 5) is 4.32. The van der Waals surface area contributed by atoms with E-state index in [2.05, 4.69) is 42.7 Å². The zero-order valence-corrected chi connectivity index (χ0v) is 13.7. The van der Waals surface area contributed by atoms with Gasteiger partial charge in [0.2, 0.25) is 10.0 Å². The molecule has 1 aromatic rings. The van der Waals surface area contributed by atoms with Crippen LogP contribution in [0.1, 0.15) is 40.5 Å². The van der Waals surface area contributed by atoms with Gasteiger partial charge in [-0.2, -0.15) is 0 Å². The number of hydrogen-bond acceptors (Lipinski definition) is 4. The smallest absolute Gasteiger partial charge is 0.241 e. The normalized spacial score (nSPS) is 14.1. The van der Waals surface area contributed by atoms with E-state index in [4.69, 9.17) is 0 Å². The van der Waals surface area contributed by atoms with Gasteiger partial charge in [-0.25, -0.2) is 18.1 Å². The highest BCUT2D eigenvalue weighted by Gasteiger charge is 2.14. The third-order valence-electron chi connectivity index (χ3n) is 3.04. The van der Waals surface area contributed by atoms with E-state index in [1.807, 2.05) is 0 Å². The summed E-state index contributed by atoms with van der Waals surface area (Å²) in [6.45, 7) is 8.76. The number of rotatable bonds is 6. The minimum Gasteiger partial charge on any atom is -0.368 e. The Kier molecular flexibility index (Phi) is 5.53. The molecule has 1 rings (SSSR count). The Hall–Kier alpha value is -1.14. The van der Waals surface area contributed by atoms with E-state index in [1.54, 1.807) is 12.1 Å². The summed E-state index contributed by atoms with van der Waals surface area (Å²) in [6, 6.07) is 3.55. The molecule has 0 aromatic carbocycles. The maximum atomic E-state index is 11.6. The van der Waals surface area contributed by atoms with Crippen LogP contribution in [0.15, 0.2) is 23.2 Å². The van der Waals surface area contributed by atoms with Crippen LogP contribution < -0.4 is 10.0 Å². The van der Waals surface area contributed by atoms with E-state index in [9.17, 15) is 8.42 Å². The number of pyridine rings is 1. The van der Waals surface area contributed by atoms with E-state index in [0.29, 0.717) is 17.3 Å². The molecule has 0 radical (unpaired) electrons. The van der Waals surface area contributed by atoms with Crippen LogP contribution in [0.5, 0.6) is 0 Å². The first kappa shape index (κ1) is 16.9. The molecule has 0 aliphatic heterocycles. The van der Waals surface area contributed by atoms with Gasteiger partial charge in [-0.15, -0.1) is 0 Å². The number of sulfonamides is 1. The van der Waals surface area contributed by atoms with Gasteiger partial charge in [-0.3, -0.25) is 0 Å². The number of aromatic nitrogens is 1. The van der Waals surface area contributed by atoms with Crippen molar-refractivity contribution in [3.05, 3.63) is 18.3 Å². The average molecular weight is 299 g/mol. The molecular weight excluding hydrogens is 274 g/mol. The van der Waals surface area contributed by atoms with Gasteiger partial charge in [-0.05, 0) is 44.4 Å². The van der Waals surface area contributed by atoms with E-state index in [-0.39, 0.29) is 4.90 Å². The first-order chi connectivity index (χ1) is 9.14. The fraction of sp³-hybridized carbons (Fsp3) is 0.643. The molecule has 1 atom stereocenters. The van der Waals surface area contributed by atoms with Gasteiger partial charge in [-0.1, -0.05) is 20.8 Å². The Morgan fingerprint density at radius 2 is 1.95 bits per heavy atom. The molecule has 0 spiro atoms. The summed E-state index contributed by atoms with van der Waals surface area (Å²) in [6.07, 6.45) is 3.53. The van der Waals surface area contributed by atoms with E-state index >= 15 is 0 Å². The Labute approximate surface area is 122 Å². The molecule has 20 heavy (non-hydrogen) atoms. The van der Waals surface area contributed by atoms with Crippen molar-refractivity contribution >= 4 is 15.8 Å². The molecule has 1 heterocycles. The maximum Gasteiger partial charge on any atom is 0.241 e. The van der Waals surface area contributed by atoms with Crippen LogP contribution in [0.4, 0.5) is 5.82 Å². The predicted octanol–water partition coefficient (Wildman–Crippen LogP) is 2.62. The highest BCUT2D eigenvalue weighted by Crippen LogP contribution is 2.22. The van der Waals surface area contributed by atoms with Gasteiger partial charge >= 0.3 is 0 Å². The maximum absolute atomic E-state index is 11.6. The largest absolute Gasteiger partial charge is 0.368 e. The minimum atomic E-state index is -3.41. The first-order valence-electron chi connectivity index (χ1n) is 6.80. The van der Waals surface area contributed by atoms with Gasteiger partial charge in [0.25, 0.3) is 0 Å². The topological polar surface area (TPSA) is 71.1 Å². The fourth-order valence-corrected chi connectivity index (χ4v) is 2.39. The van der Waals surface area contributed by atoms with Crippen molar-refractivity contribution in [2.45, 2.75) is 51.5 Å². The Morgan fingerprint density at radius 3 is 2.40 bits per heavy atom. The van der Waals surface area contributed by atoms with Crippen molar-refractivity contribution in [2.24, 2.45) is 5.41 Å². The van der Waals surface area contributed by atoms with Gasteiger partial charge in [0.05, 0.1) is 0 Å². The van der Waals surface area contributed by atoms with Crippen LogP contribution in [-0.4, -0.2) is 26.5 Å². The van der Waals surface area contributed by atoms with Crippen LogP contribution in [0.25, 0.3) is 0 Å². The Bertz CT molecular complexity index is 518. The monoisotopic (exact) mass is 299 g/mol. The number of nitrogens with zero attached hydrogens (tertiary/aromatic N) is 1. The van der Waals surface area contributed by atoms with Crippen LogP contribution in [0.2, 0.25) is 0 Å². The number of nitrogens with one attached hydrogen (secondary N) is 2. The highest BCUT2D eigenvalue weighted by atomic mass is 32.2. The van der Waals surface area contributed by atoms with E-state index in [1.165, 1.54) is 13.2 Å². The Morgan fingerprint density at radius 1 is 1.30 bits per heavy atom. The first-order valence-corrected chi connectivity index (χ1v) is 8.28. The van der Waals surface area contributed by atoms with Gasteiger partial charge in [0, 0.05) is 12.2 Å². The second-order valence-corrected chi connectivity index (χ2v) is 8.12. The summed E-state index contributed by atoms with van der Waals surface area (Å²) in [5.41, 5.74) is 0.314. The second-order valence-electron chi connectivity index (χ2n) is 6.23. The van der Waals surface area contributed by atoms with Crippen molar-refractivity contribution in [2.75, 3.05) is 12.4 Å². The van der Waals surface area contributed by atoms with Gasteiger partial charge in [0.1, 0.15) is 10.7 Å². The second kappa shape index (κ2) is 6.54. The van der Waals surface area contributed by atoms with Crippen molar-refractivity contribution in [1.82, 2.24) is 9.71 Å². The zero-order chi connectivity index (χ0) is 15.4. The molecule has 1 unspecified atom stereocenters. The molecule has 2 N–H and O–H groups in total. The molecule has 0 fully saturated rings. The van der Waals surface area contributed by atoms with Crippen LogP contribution >= 0.6 is 0 Å². The lowest BCUT2D eigenvalue weighted by molar-refractivity contribution is 0.356. The standard InChI is InChI=1S/C14H25N3O2S/c1-11(8-9-14(2,3)4)17-13-7-6-12(10-16-13)20(18,19)15-5/h6-7,10-11,15H,8-9H2,1-5H3,(H,16,17). The van der Waals surface area contributed by atoms with Crippen molar-refractivity contribution in [1.29, 1.82) is 0 Å². The summed E-state index contributed by atoms with van der Waals surface area (Å²) in [5, 5.41) is 3.28. The molecule has 0 saturated carbocycles. The van der Waals surface area contributed by atoms with Crippen molar-refractivity contribution in [3.8, 4) is 0 Å². The zero-order valence-electron chi connectivity index (χ0n) is 12.9. The molecule has 0 aliphatic rings. The molecule has 5 nitrogen and oxygen atoms in total. The minimum absolute atomic E-state index is 0.174. The van der Waals surface area contributed by atoms with Crippen LogP contribution in [0.3, 0.4) is 0 Å². The molecule has 1 aromatic heterocycles. The predicted molar refractivity (Wildman–Crippen MR) is 82.3 cm³/mol.